The number of carboxylic acid groups (broad SMARTS) is 1. The normalized spacial score (nSPS) is 11.7. The van der Waals surface area contributed by atoms with Gasteiger partial charge in [-0.25, -0.2) is 4.79 Å². The molecule has 2 aromatic carbocycles. The maximum Gasteiger partial charge on any atom is 0.326 e. The minimum atomic E-state index is -1.16. The van der Waals surface area contributed by atoms with Crippen molar-refractivity contribution in [2.75, 3.05) is 12.0 Å². The van der Waals surface area contributed by atoms with Crippen molar-refractivity contribution in [2.24, 2.45) is 0 Å². The van der Waals surface area contributed by atoms with Crippen molar-refractivity contribution in [1.29, 1.82) is 0 Å². The molecule has 0 aromatic heterocycles. The number of rotatable bonds is 10. The molecule has 0 fully saturated rings. The monoisotopic (exact) mass is 463 g/mol. The lowest BCUT2D eigenvalue weighted by Gasteiger charge is -2.19. The average Bonchev–Trinajstić information content (AvgIpc) is 2.76. The lowest BCUT2D eigenvalue weighted by atomic mass is 10.2. The SMILES string of the molecule is CSCC[C@H](NC(=O)C(SC(=O)c1ccccc1)SC(=O)c1ccccc1)C(=O)O. The molecule has 158 valence electrons. The molecule has 0 aliphatic heterocycles. The zero-order valence-corrected chi connectivity index (χ0v) is 18.6. The summed E-state index contributed by atoms with van der Waals surface area (Å²) in [5, 5.41) is 11.1. The summed E-state index contributed by atoms with van der Waals surface area (Å²) in [5.41, 5.74) is 0.787. The van der Waals surface area contributed by atoms with E-state index >= 15 is 0 Å². The zero-order chi connectivity index (χ0) is 21.9. The molecule has 2 N–H and O–H groups in total. The zero-order valence-electron chi connectivity index (χ0n) is 16.1. The minimum absolute atomic E-state index is 0.240. The van der Waals surface area contributed by atoms with Crippen LogP contribution in [0.15, 0.2) is 60.7 Å². The van der Waals surface area contributed by atoms with Crippen molar-refractivity contribution in [3.05, 3.63) is 71.8 Å². The van der Waals surface area contributed by atoms with E-state index in [9.17, 15) is 24.3 Å². The van der Waals surface area contributed by atoms with E-state index in [1.807, 2.05) is 6.26 Å². The quantitative estimate of drug-likeness (QED) is 0.514. The van der Waals surface area contributed by atoms with E-state index in [0.717, 1.165) is 0 Å². The maximum absolute atomic E-state index is 12.8. The molecule has 1 amide bonds. The highest BCUT2D eigenvalue weighted by Gasteiger charge is 2.30. The van der Waals surface area contributed by atoms with Gasteiger partial charge in [-0.1, -0.05) is 84.2 Å². The third kappa shape index (κ3) is 7.55. The molecule has 0 saturated heterocycles. The van der Waals surface area contributed by atoms with Gasteiger partial charge >= 0.3 is 5.97 Å². The van der Waals surface area contributed by atoms with Crippen molar-refractivity contribution in [2.45, 2.75) is 17.0 Å². The van der Waals surface area contributed by atoms with Gasteiger partial charge in [0, 0.05) is 11.1 Å². The second-order valence-electron chi connectivity index (χ2n) is 6.06. The highest BCUT2D eigenvalue weighted by atomic mass is 32.2. The Morgan fingerprint density at radius 1 is 0.867 bits per heavy atom. The number of benzene rings is 2. The van der Waals surface area contributed by atoms with Crippen LogP contribution in [0.5, 0.6) is 0 Å². The molecule has 2 rings (SSSR count). The minimum Gasteiger partial charge on any atom is -0.480 e. The number of carboxylic acids is 1. The summed E-state index contributed by atoms with van der Waals surface area (Å²) >= 11 is 2.86. The van der Waals surface area contributed by atoms with Gasteiger partial charge in [-0.05, 0) is 18.4 Å². The number of hydrogen-bond donors (Lipinski definition) is 2. The van der Waals surface area contributed by atoms with Crippen molar-refractivity contribution in [1.82, 2.24) is 5.32 Å². The van der Waals surface area contributed by atoms with Crippen LogP contribution in [-0.2, 0) is 9.59 Å². The Labute approximate surface area is 187 Å². The summed E-state index contributed by atoms with van der Waals surface area (Å²) in [5.74, 6) is -1.28. The number of hydrogen-bond acceptors (Lipinski definition) is 7. The van der Waals surface area contributed by atoms with E-state index in [2.05, 4.69) is 5.32 Å². The molecule has 30 heavy (non-hydrogen) atoms. The van der Waals surface area contributed by atoms with Gasteiger partial charge in [-0.15, -0.1) is 0 Å². The first-order chi connectivity index (χ1) is 14.4. The largest absolute Gasteiger partial charge is 0.480 e. The van der Waals surface area contributed by atoms with Gasteiger partial charge in [-0.3, -0.25) is 14.4 Å². The lowest BCUT2D eigenvalue weighted by molar-refractivity contribution is -0.141. The number of carbonyl (C=O) groups excluding carboxylic acids is 3. The van der Waals surface area contributed by atoms with Gasteiger partial charge in [-0.2, -0.15) is 11.8 Å². The third-order valence-corrected chi connectivity index (χ3v) is 6.86. The molecule has 0 aliphatic carbocycles. The molecule has 2 aromatic rings. The molecular weight excluding hydrogens is 442 g/mol. The molecule has 0 bridgehead atoms. The molecule has 0 spiro atoms. The van der Waals surface area contributed by atoms with Crippen LogP contribution in [-0.4, -0.2) is 49.8 Å². The Balaban J connectivity index is 2.18. The standard InChI is InChI=1S/C21H21NO5S3/c1-28-13-12-16(18(24)25)22-17(23)21(29-19(26)14-8-4-2-5-9-14)30-20(27)15-10-6-3-7-11-15/h2-11,16,21H,12-13H2,1H3,(H,22,23)(H,24,25)/t16-/m0/s1. The van der Waals surface area contributed by atoms with Crippen LogP contribution in [0.1, 0.15) is 27.1 Å². The molecule has 9 heteroatoms. The summed E-state index contributed by atoms with van der Waals surface area (Å²) in [6.45, 7) is 0. The van der Waals surface area contributed by atoms with Crippen molar-refractivity contribution in [3.8, 4) is 0 Å². The third-order valence-electron chi connectivity index (χ3n) is 3.89. The summed E-state index contributed by atoms with van der Waals surface area (Å²) in [6.07, 6.45) is 2.08. The van der Waals surface area contributed by atoms with Gasteiger partial charge in [0.2, 0.25) is 16.1 Å². The first kappa shape index (κ1) is 24.0. The number of amides is 1. The Hall–Kier alpha value is -2.23. The average molecular weight is 464 g/mol. The Kier molecular flexibility index (Phi) is 9.99. The second kappa shape index (κ2) is 12.5. The van der Waals surface area contributed by atoms with Gasteiger partial charge in [0.05, 0.1) is 0 Å². The van der Waals surface area contributed by atoms with E-state index in [4.69, 9.17) is 0 Å². The molecule has 0 unspecified atom stereocenters. The van der Waals surface area contributed by atoms with E-state index in [-0.39, 0.29) is 16.7 Å². The summed E-state index contributed by atoms with van der Waals surface area (Å²) in [7, 11) is 0. The predicted molar refractivity (Wildman–Crippen MR) is 123 cm³/mol. The summed E-state index contributed by atoms with van der Waals surface area (Å²) in [4.78, 5) is 49.5. The van der Waals surface area contributed by atoms with Crippen LogP contribution >= 0.6 is 35.3 Å². The first-order valence-electron chi connectivity index (χ1n) is 8.96. The summed E-state index contributed by atoms with van der Waals surface area (Å²) in [6, 6.07) is 15.7. The highest BCUT2D eigenvalue weighted by Crippen LogP contribution is 2.30. The smallest absolute Gasteiger partial charge is 0.326 e. The van der Waals surface area contributed by atoms with Gasteiger partial charge in [0.15, 0.2) is 0 Å². The van der Waals surface area contributed by atoms with E-state index in [1.165, 1.54) is 11.8 Å². The summed E-state index contributed by atoms with van der Waals surface area (Å²) < 4.78 is -1.12. The number of aliphatic carboxylic acids is 1. The van der Waals surface area contributed by atoms with Crippen LogP contribution in [0.2, 0.25) is 0 Å². The van der Waals surface area contributed by atoms with Gasteiger partial charge in [0.1, 0.15) is 10.6 Å². The van der Waals surface area contributed by atoms with Crippen LogP contribution in [0.4, 0.5) is 0 Å². The van der Waals surface area contributed by atoms with Crippen LogP contribution in [0, 0.1) is 0 Å². The van der Waals surface area contributed by atoms with Crippen LogP contribution in [0.3, 0.4) is 0 Å². The fourth-order valence-electron chi connectivity index (χ4n) is 2.34. The number of nitrogens with one attached hydrogen (secondary N) is 1. The van der Waals surface area contributed by atoms with E-state index < -0.39 is 22.5 Å². The van der Waals surface area contributed by atoms with Gasteiger partial charge in [0.25, 0.3) is 0 Å². The molecule has 0 radical (unpaired) electrons. The van der Waals surface area contributed by atoms with Crippen LogP contribution in [0.25, 0.3) is 0 Å². The van der Waals surface area contributed by atoms with Crippen molar-refractivity contribution in [3.63, 3.8) is 0 Å². The number of thioether (sulfide) groups is 3. The highest BCUT2D eigenvalue weighted by molar-refractivity contribution is 8.31. The van der Waals surface area contributed by atoms with Gasteiger partial charge < -0.3 is 10.4 Å². The van der Waals surface area contributed by atoms with Crippen molar-refractivity contribution >= 4 is 57.4 Å². The molecule has 0 saturated carbocycles. The molecule has 6 nitrogen and oxygen atoms in total. The van der Waals surface area contributed by atoms with E-state index in [1.54, 1.807) is 60.7 Å². The molecule has 0 heterocycles. The number of carbonyl (C=O) groups is 4. The first-order valence-corrected chi connectivity index (χ1v) is 12.1. The van der Waals surface area contributed by atoms with Crippen LogP contribution < -0.4 is 5.32 Å². The maximum atomic E-state index is 12.8. The fraction of sp³-hybridized carbons (Fsp3) is 0.238. The van der Waals surface area contributed by atoms with Crippen molar-refractivity contribution < 1.29 is 24.3 Å². The van der Waals surface area contributed by atoms with E-state index in [0.29, 0.717) is 40.4 Å². The Morgan fingerprint density at radius 3 is 1.73 bits per heavy atom. The Bertz CT molecular complexity index is 823. The fourth-order valence-corrected chi connectivity index (χ4v) is 4.81. The Morgan fingerprint density at radius 2 is 1.33 bits per heavy atom. The molecule has 1 atom stereocenters. The lowest BCUT2D eigenvalue weighted by Crippen LogP contribution is -2.44. The molecular formula is C21H21NO5S3. The second-order valence-corrected chi connectivity index (χ2v) is 9.50. The topological polar surface area (TPSA) is 101 Å². The predicted octanol–water partition coefficient (Wildman–Crippen LogP) is 3.78. The molecule has 0 aliphatic rings.